The molecular weight excluding hydrogens is 328 g/mol. The zero-order chi connectivity index (χ0) is 18.8. The molecule has 0 amide bonds. The maximum atomic E-state index is 12.4. The van der Waals surface area contributed by atoms with Crippen molar-refractivity contribution in [1.29, 1.82) is 0 Å². The van der Waals surface area contributed by atoms with Gasteiger partial charge in [0.15, 0.2) is 0 Å². The Bertz CT molecular complexity index is 950. The average molecular weight is 352 g/mol. The number of ether oxygens (including phenoxy) is 2. The van der Waals surface area contributed by atoms with Crippen molar-refractivity contribution < 1.29 is 18.7 Å². The Morgan fingerprint density at radius 1 is 1.08 bits per heavy atom. The lowest BCUT2D eigenvalue weighted by Gasteiger charge is -2.10. The average Bonchev–Trinajstić information content (AvgIpc) is 2.90. The summed E-state index contributed by atoms with van der Waals surface area (Å²) in [6.45, 7) is 10.0. The van der Waals surface area contributed by atoms with Gasteiger partial charge in [0.1, 0.15) is 29.3 Å². The molecule has 0 saturated heterocycles. The fourth-order valence-electron chi connectivity index (χ4n) is 2.93. The van der Waals surface area contributed by atoms with Crippen LogP contribution in [0.5, 0.6) is 5.75 Å². The molecule has 136 valence electrons. The van der Waals surface area contributed by atoms with E-state index in [1.54, 1.807) is 6.92 Å². The quantitative estimate of drug-likeness (QED) is 0.569. The third-order valence-corrected chi connectivity index (χ3v) is 4.28. The lowest BCUT2D eigenvalue weighted by Crippen LogP contribution is -2.12. The molecule has 0 fully saturated rings. The van der Waals surface area contributed by atoms with E-state index in [9.17, 15) is 4.79 Å². The highest BCUT2D eigenvalue weighted by molar-refractivity contribution is 6.04. The Hall–Kier alpha value is -2.75. The van der Waals surface area contributed by atoms with Crippen molar-refractivity contribution in [1.82, 2.24) is 0 Å². The molecule has 0 aliphatic rings. The van der Waals surface area contributed by atoms with Gasteiger partial charge in [-0.1, -0.05) is 23.8 Å². The van der Waals surface area contributed by atoms with Gasteiger partial charge in [0, 0.05) is 5.39 Å². The molecule has 4 heteroatoms. The number of aryl methyl sites for hydroxylation is 3. The number of hydrogen-bond acceptors (Lipinski definition) is 4. The van der Waals surface area contributed by atoms with Crippen LogP contribution in [0.1, 0.15) is 46.7 Å². The molecule has 0 spiro atoms. The van der Waals surface area contributed by atoms with E-state index in [1.165, 1.54) is 11.1 Å². The highest BCUT2D eigenvalue weighted by Crippen LogP contribution is 2.30. The highest BCUT2D eigenvalue weighted by Gasteiger charge is 2.21. The molecule has 0 unspecified atom stereocenters. The standard InChI is InChI=1S/C22H24O4/c1-13(2)25-22(23)21-16(5)26-20-9-8-18(11-19(20)21)24-12-17-10-14(3)6-7-15(17)4/h6-11,13H,12H2,1-5H3. The van der Waals surface area contributed by atoms with Gasteiger partial charge in [0.25, 0.3) is 0 Å². The third-order valence-electron chi connectivity index (χ3n) is 4.28. The van der Waals surface area contributed by atoms with Gasteiger partial charge in [-0.05, 0) is 63.9 Å². The zero-order valence-electron chi connectivity index (χ0n) is 15.9. The number of benzene rings is 2. The van der Waals surface area contributed by atoms with Gasteiger partial charge in [0.05, 0.1) is 6.10 Å². The lowest BCUT2D eigenvalue weighted by molar-refractivity contribution is 0.0378. The first-order valence-electron chi connectivity index (χ1n) is 8.78. The Morgan fingerprint density at radius 3 is 2.58 bits per heavy atom. The molecule has 3 rings (SSSR count). The summed E-state index contributed by atoms with van der Waals surface area (Å²) in [5, 5.41) is 0.714. The first-order chi connectivity index (χ1) is 12.3. The SMILES string of the molecule is Cc1ccc(C)c(COc2ccc3oc(C)c(C(=O)OC(C)C)c3c2)c1. The van der Waals surface area contributed by atoms with E-state index < -0.39 is 0 Å². The molecule has 1 aromatic heterocycles. The summed E-state index contributed by atoms with van der Waals surface area (Å²) in [5.74, 6) is 0.873. The van der Waals surface area contributed by atoms with E-state index in [0.29, 0.717) is 34.6 Å². The van der Waals surface area contributed by atoms with Crippen molar-refractivity contribution in [2.45, 2.75) is 47.3 Å². The molecule has 0 radical (unpaired) electrons. The van der Waals surface area contributed by atoms with Crippen LogP contribution < -0.4 is 4.74 Å². The summed E-state index contributed by atoms with van der Waals surface area (Å²) < 4.78 is 17.0. The summed E-state index contributed by atoms with van der Waals surface area (Å²) in [4.78, 5) is 12.4. The molecule has 26 heavy (non-hydrogen) atoms. The predicted molar refractivity (Wildman–Crippen MR) is 102 cm³/mol. The van der Waals surface area contributed by atoms with Crippen molar-refractivity contribution >= 4 is 16.9 Å². The molecule has 0 saturated carbocycles. The smallest absolute Gasteiger partial charge is 0.342 e. The number of fused-ring (bicyclic) bond motifs is 1. The van der Waals surface area contributed by atoms with Crippen molar-refractivity contribution in [2.75, 3.05) is 0 Å². The molecule has 0 bridgehead atoms. The molecule has 4 nitrogen and oxygen atoms in total. The fourth-order valence-corrected chi connectivity index (χ4v) is 2.93. The van der Waals surface area contributed by atoms with E-state index in [1.807, 2.05) is 32.0 Å². The van der Waals surface area contributed by atoms with Crippen LogP contribution in [0.4, 0.5) is 0 Å². The number of carbonyl (C=O) groups excluding carboxylic acids is 1. The topological polar surface area (TPSA) is 48.7 Å². The molecule has 0 aliphatic carbocycles. The largest absolute Gasteiger partial charge is 0.489 e. The number of esters is 1. The summed E-state index contributed by atoms with van der Waals surface area (Å²) in [6.07, 6.45) is -0.185. The molecule has 0 atom stereocenters. The summed E-state index contributed by atoms with van der Waals surface area (Å²) in [6, 6.07) is 11.8. The van der Waals surface area contributed by atoms with E-state index >= 15 is 0 Å². The van der Waals surface area contributed by atoms with Gasteiger partial charge < -0.3 is 13.9 Å². The van der Waals surface area contributed by atoms with Gasteiger partial charge in [-0.25, -0.2) is 4.79 Å². The molecular formula is C22H24O4. The van der Waals surface area contributed by atoms with Gasteiger partial charge in [-0.3, -0.25) is 0 Å². The Morgan fingerprint density at radius 2 is 1.85 bits per heavy atom. The predicted octanol–water partition coefficient (Wildman–Crippen LogP) is 5.50. The number of carbonyl (C=O) groups is 1. The maximum absolute atomic E-state index is 12.4. The molecule has 1 heterocycles. The van der Waals surface area contributed by atoms with Crippen LogP contribution in [-0.4, -0.2) is 12.1 Å². The molecule has 2 aromatic carbocycles. The molecule has 0 aliphatic heterocycles. The van der Waals surface area contributed by atoms with Crippen LogP contribution in [0.15, 0.2) is 40.8 Å². The van der Waals surface area contributed by atoms with Crippen molar-refractivity contribution in [3.63, 3.8) is 0 Å². The Kier molecular flexibility index (Phi) is 5.03. The van der Waals surface area contributed by atoms with Crippen molar-refractivity contribution in [3.8, 4) is 5.75 Å². The summed E-state index contributed by atoms with van der Waals surface area (Å²) in [5.41, 5.74) is 4.65. The fraction of sp³-hybridized carbons (Fsp3) is 0.318. The van der Waals surface area contributed by atoms with Crippen molar-refractivity contribution in [3.05, 3.63) is 64.4 Å². The van der Waals surface area contributed by atoms with Gasteiger partial charge in [0.2, 0.25) is 0 Å². The highest BCUT2D eigenvalue weighted by atomic mass is 16.5. The van der Waals surface area contributed by atoms with E-state index in [2.05, 4.69) is 32.0 Å². The monoisotopic (exact) mass is 352 g/mol. The second-order valence-corrected chi connectivity index (χ2v) is 6.86. The minimum absolute atomic E-state index is 0.185. The lowest BCUT2D eigenvalue weighted by atomic mass is 10.1. The van der Waals surface area contributed by atoms with E-state index in [4.69, 9.17) is 13.9 Å². The summed E-state index contributed by atoms with van der Waals surface area (Å²) in [7, 11) is 0. The number of furan rings is 1. The first-order valence-corrected chi connectivity index (χ1v) is 8.78. The van der Waals surface area contributed by atoms with Crippen LogP contribution in [0.25, 0.3) is 11.0 Å². The number of hydrogen-bond donors (Lipinski definition) is 0. The van der Waals surface area contributed by atoms with Gasteiger partial charge >= 0.3 is 5.97 Å². The van der Waals surface area contributed by atoms with Crippen LogP contribution >= 0.6 is 0 Å². The van der Waals surface area contributed by atoms with Gasteiger partial charge in [-0.2, -0.15) is 0 Å². The van der Waals surface area contributed by atoms with Crippen LogP contribution in [0, 0.1) is 20.8 Å². The minimum Gasteiger partial charge on any atom is -0.489 e. The van der Waals surface area contributed by atoms with Crippen molar-refractivity contribution in [2.24, 2.45) is 0 Å². The maximum Gasteiger partial charge on any atom is 0.342 e. The minimum atomic E-state index is -0.372. The first kappa shape index (κ1) is 18.1. The zero-order valence-corrected chi connectivity index (χ0v) is 15.9. The third kappa shape index (κ3) is 3.74. The van der Waals surface area contributed by atoms with Crippen LogP contribution in [0.3, 0.4) is 0 Å². The summed E-state index contributed by atoms with van der Waals surface area (Å²) >= 11 is 0. The molecule has 3 aromatic rings. The van der Waals surface area contributed by atoms with Crippen LogP contribution in [-0.2, 0) is 11.3 Å². The Balaban J connectivity index is 1.88. The normalized spacial score (nSPS) is 11.2. The molecule has 0 N–H and O–H groups in total. The number of rotatable bonds is 5. The van der Waals surface area contributed by atoms with E-state index in [-0.39, 0.29) is 12.1 Å². The van der Waals surface area contributed by atoms with E-state index in [0.717, 1.165) is 5.56 Å². The second kappa shape index (κ2) is 7.24. The van der Waals surface area contributed by atoms with Crippen LogP contribution in [0.2, 0.25) is 0 Å². The van der Waals surface area contributed by atoms with Gasteiger partial charge in [-0.15, -0.1) is 0 Å². The second-order valence-electron chi connectivity index (χ2n) is 6.86. The Labute approximate surface area is 153 Å².